The van der Waals surface area contributed by atoms with Crippen LogP contribution in [0.1, 0.15) is 11.4 Å². The number of anilines is 1. The van der Waals surface area contributed by atoms with Crippen LogP contribution in [0.5, 0.6) is 0 Å². The smallest absolute Gasteiger partial charge is 0.244 e. The van der Waals surface area contributed by atoms with Gasteiger partial charge in [0.1, 0.15) is 4.90 Å². The molecule has 0 unspecified atom stereocenters. The van der Waals surface area contributed by atoms with Crippen molar-refractivity contribution in [3.05, 3.63) is 46.3 Å². The second-order valence-corrected chi connectivity index (χ2v) is 6.89. The summed E-state index contributed by atoms with van der Waals surface area (Å²) in [6, 6.07) is 6.83. The average molecular weight is 372 g/mol. The second kappa shape index (κ2) is 6.48. The molecular formula is C12H14BrN5O2S. The van der Waals surface area contributed by atoms with Crippen LogP contribution in [0.3, 0.4) is 0 Å². The first-order valence-corrected chi connectivity index (χ1v) is 8.24. The average Bonchev–Trinajstić information content (AvgIpc) is 2.45. The summed E-state index contributed by atoms with van der Waals surface area (Å²) in [6.07, 6.45) is 1.45. The van der Waals surface area contributed by atoms with Crippen LogP contribution in [0.2, 0.25) is 0 Å². The van der Waals surface area contributed by atoms with Crippen molar-refractivity contribution in [1.29, 1.82) is 0 Å². The fourth-order valence-corrected chi connectivity index (χ4v) is 3.30. The number of hydrogen-bond acceptors (Lipinski definition) is 6. The summed E-state index contributed by atoms with van der Waals surface area (Å²) in [5.74, 6) is 5.36. The SMILES string of the molecule is Cc1cccc(CNS(=O)(=O)c2cc(Br)cnc2NN)n1. The number of sulfonamides is 1. The standard InChI is InChI=1S/C12H14BrN5O2S/c1-8-3-2-4-10(17-8)7-16-21(19,20)11-5-9(13)6-15-12(11)18-14/h2-6,16H,7,14H2,1H3,(H,15,18). The van der Waals surface area contributed by atoms with Crippen LogP contribution in [0.4, 0.5) is 5.82 Å². The number of rotatable bonds is 5. The molecule has 2 rings (SSSR count). The van der Waals surface area contributed by atoms with Gasteiger partial charge in [-0.2, -0.15) is 0 Å². The number of nitrogens with one attached hydrogen (secondary N) is 2. The molecule has 0 aliphatic heterocycles. The van der Waals surface area contributed by atoms with Gasteiger partial charge in [0.25, 0.3) is 0 Å². The summed E-state index contributed by atoms with van der Waals surface area (Å²) in [5.41, 5.74) is 3.72. The first kappa shape index (κ1) is 15.8. The van der Waals surface area contributed by atoms with Gasteiger partial charge in [0, 0.05) is 16.4 Å². The number of hydrogen-bond donors (Lipinski definition) is 3. The predicted molar refractivity (Wildman–Crippen MR) is 82.7 cm³/mol. The molecule has 0 amide bonds. The van der Waals surface area contributed by atoms with Crippen LogP contribution in [0, 0.1) is 6.92 Å². The maximum Gasteiger partial charge on any atom is 0.244 e. The zero-order valence-electron chi connectivity index (χ0n) is 11.2. The molecule has 2 aromatic rings. The lowest BCUT2D eigenvalue weighted by Crippen LogP contribution is -2.26. The Hall–Kier alpha value is -1.55. The third-order valence-electron chi connectivity index (χ3n) is 2.63. The maximum atomic E-state index is 12.3. The van der Waals surface area contributed by atoms with E-state index in [1.807, 2.05) is 19.1 Å². The molecule has 0 atom stereocenters. The molecule has 0 aliphatic rings. The molecule has 0 saturated heterocycles. The topological polar surface area (TPSA) is 110 Å². The summed E-state index contributed by atoms with van der Waals surface area (Å²) in [7, 11) is -3.76. The van der Waals surface area contributed by atoms with Crippen LogP contribution >= 0.6 is 15.9 Å². The van der Waals surface area contributed by atoms with E-state index in [4.69, 9.17) is 5.84 Å². The Bertz CT molecular complexity index is 751. The van der Waals surface area contributed by atoms with E-state index in [1.165, 1.54) is 12.3 Å². The van der Waals surface area contributed by atoms with Crippen molar-refractivity contribution in [3.63, 3.8) is 0 Å². The molecule has 0 radical (unpaired) electrons. The Balaban J connectivity index is 2.24. The highest BCUT2D eigenvalue weighted by Crippen LogP contribution is 2.22. The first-order chi connectivity index (χ1) is 9.92. The number of aryl methyl sites for hydroxylation is 1. The lowest BCUT2D eigenvalue weighted by Gasteiger charge is -2.10. The van der Waals surface area contributed by atoms with Crippen molar-refractivity contribution in [2.24, 2.45) is 5.84 Å². The molecule has 2 aromatic heterocycles. The minimum Gasteiger partial charge on any atom is -0.307 e. The van der Waals surface area contributed by atoms with Gasteiger partial charge in [-0.3, -0.25) is 4.98 Å². The summed E-state index contributed by atoms with van der Waals surface area (Å²) in [4.78, 5) is 8.12. The van der Waals surface area contributed by atoms with Crippen molar-refractivity contribution >= 4 is 31.8 Å². The summed E-state index contributed by atoms with van der Waals surface area (Å²) in [6.45, 7) is 1.92. The monoisotopic (exact) mass is 371 g/mol. The predicted octanol–water partition coefficient (Wildman–Crippen LogP) is 1.31. The third-order valence-corrected chi connectivity index (χ3v) is 4.48. The van der Waals surface area contributed by atoms with Gasteiger partial charge in [0.05, 0.1) is 12.2 Å². The van der Waals surface area contributed by atoms with Crippen LogP contribution in [-0.2, 0) is 16.6 Å². The molecule has 0 saturated carbocycles. The number of aromatic nitrogens is 2. The van der Waals surface area contributed by atoms with Gasteiger partial charge in [0.15, 0.2) is 5.82 Å². The molecule has 0 aliphatic carbocycles. The lowest BCUT2D eigenvalue weighted by molar-refractivity contribution is 0.580. The Labute approximate surface area is 131 Å². The highest BCUT2D eigenvalue weighted by molar-refractivity contribution is 9.10. The molecular weight excluding hydrogens is 358 g/mol. The Morgan fingerprint density at radius 2 is 2.14 bits per heavy atom. The minimum atomic E-state index is -3.76. The van der Waals surface area contributed by atoms with E-state index in [9.17, 15) is 8.42 Å². The van der Waals surface area contributed by atoms with Crippen LogP contribution in [-0.4, -0.2) is 18.4 Å². The van der Waals surface area contributed by atoms with Crippen LogP contribution in [0.25, 0.3) is 0 Å². The van der Waals surface area contributed by atoms with Crippen LogP contribution in [0.15, 0.2) is 39.8 Å². The minimum absolute atomic E-state index is 0.0352. The fourth-order valence-electron chi connectivity index (χ4n) is 1.68. The molecule has 21 heavy (non-hydrogen) atoms. The Morgan fingerprint density at radius 1 is 1.38 bits per heavy atom. The zero-order chi connectivity index (χ0) is 15.5. The van der Waals surface area contributed by atoms with Crippen molar-refractivity contribution in [2.45, 2.75) is 18.4 Å². The highest BCUT2D eigenvalue weighted by atomic mass is 79.9. The van der Waals surface area contributed by atoms with E-state index >= 15 is 0 Å². The summed E-state index contributed by atoms with van der Waals surface area (Å²) in [5, 5.41) is 0. The van der Waals surface area contributed by atoms with E-state index in [0.29, 0.717) is 10.2 Å². The summed E-state index contributed by atoms with van der Waals surface area (Å²) < 4.78 is 27.7. The Morgan fingerprint density at radius 3 is 2.81 bits per heavy atom. The normalized spacial score (nSPS) is 11.4. The van der Waals surface area contributed by atoms with Gasteiger partial charge in [-0.15, -0.1) is 0 Å². The van der Waals surface area contributed by atoms with E-state index in [-0.39, 0.29) is 17.3 Å². The zero-order valence-corrected chi connectivity index (χ0v) is 13.6. The van der Waals surface area contributed by atoms with E-state index in [1.54, 1.807) is 6.07 Å². The fraction of sp³-hybridized carbons (Fsp3) is 0.167. The number of halogens is 1. The van der Waals surface area contributed by atoms with Gasteiger partial charge in [-0.1, -0.05) is 6.07 Å². The van der Waals surface area contributed by atoms with Crippen molar-refractivity contribution in [1.82, 2.24) is 14.7 Å². The molecule has 4 N–H and O–H groups in total. The number of nitrogens with zero attached hydrogens (tertiary/aromatic N) is 2. The summed E-state index contributed by atoms with van der Waals surface area (Å²) >= 11 is 3.19. The van der Waals surface area contributed by atoms with Gasteiger partial charge in [-0.05, 0) is 41.1 Å². The second-order valence-electron chi connectivity index (χ2n) is 4.24. The molecule has 2 heterocycles. The number of pyridine rings is 2. The highest BCUT2D eigenvalue weighted by Gasteiger charge is 2.20. The van der Waals surface area contributed by atoms with E-state index in [2.05, 4.69) is 36.0 Å². The lowest BCUT2D eigenvalue weighted by atomic mass is 10.3. The third kappa shape index (κ3) is 3.97. The quantitative estimate of drug-likeness (QED) is 0.539. The van der Waals surface area contributed by atoms with Gasteiger partial charge < -0.3 is 5.43 Å². The van der Waals surface area contributed by atoms with Crippen molar-refractivity contribution in [2.75, 3.05) is 5.43 Å². The first-order valence-electron chi connectivity index (χ1n) is 5.97. The number of nitrogen functional groups attached to an aromatic ring is 1. The van der Waals surface area contributed by atoms with Crippen molar-refractivity contribution < 1.29 is 8.42 Å². The molecule has 0 bridgehead atoms. The van der Waals surface area contributed by atoms with Gasteiger partial charge in [0.2, 0.25) is 10.0 Å². The maximum absolute atomic E-state index is 12.3. The van der Waals surface area contributed by atoms with E-state index in [0.717, 1.165) is 5.69 Å². The Kier molecular flexibility index (Phi) is 4.88. The number of hydrazine groups is 1. The molecule has 0 aromatic carbocycles. The molecule has 0 fully saturated rings. The largest absolute Gasteiger partial charge is 0.307 e. The van der Waals surface area contributed by atoms with Crippen molar-refractivity contribution in [3.8, 4) is 0 Å². The van der Waals surface area contributed by atoms with E-state index < -0.39 is 10.0 Å². The number of nitrogens with two attached hydrogens (primary N) is 1. The molecule has 9 heteroatoms. The molecule has 7 nitrogen and oxygen atoms in total. The van der Waals surface area contributed by atoms with Gasteiger partial charge >= 0.3 is 0 Å². The molecule has 0 spiro atoms. The van der Waals surface area contributed by atoms with Crippen LogP contribution < -0.4 is 16.0 Å². The molecule has 112 valence electrons. The van der Waals surface area contributed by atoms with Gasteiger partial charge in [-0.25, -0.2) is 24.0 Å².